The van der Waals surface area contributed by atoms with Gasteiger partial charge in [-0.1, -0.05) is 0 Å². The van der Waals surface area contributed by atoms with Crippen molar-refractivity contribution < 1.29 is 19.4 Å². The van der Waals surface area contributed by atoms with Crippen LogP contribution in [0.5, 0.6) is 0 Å². The molecule has 0 bridgehead atoms. The fourth-order valence-corrected chi connectivity index (χ4v) is 2.43. The van der Waals surface area contributed by atoms with E-state index in [1.165, 1.54) is 21.1 Å². The first-order valence-corrected chi connectivity index (χ1v) is 6.73. The first-order valence-electron chi connectivity index (χ1n) is 5.79. The van der Waals surface area contributed by atoms with Crippen LogP contribution in [0.2, 0.25) is 0 Å². The minimum atomic E-state index is -1.05. The summed E-state index contributed by atoms with van der Waals surface area (Å²) in [6, 6.07) is -1.23. The van der Waals surface area contributed by atoms with Gasteiger partial charge < -0.3 is 19.6 Å². The van der Waals surface area contributed by atoms with Crippen LogP contribution in [0.15, 0.2) is 10.9 Å². The molecule has 104 valence electrons. The van der Waals surface area contributed by atoms with E-state index >= 15 is 0 Å². The predicted molar refractivity (Wildman–Crippen MR) is 67.9 cm³/mol. The van der Waals surface area contributed by atoms with Crippen molar-refractivity contribution in [2.24, 2.45) is 0 Å². The smallest absolute Gasteiger partial charge is 0.328 e. The van der Waals surface area contributed by atoms with E-state index in [0.717, 1.165) is 5.69 Å². The molecule has 2 rings (SSSR count). The molecule has 0 saturated carbocycles. The van der Waals surface area contributed by atoms with Crippen molar-refractivity contribution in [3.05, 3.63) is 16.6 Å². The van der Waals surface area contributed by atoms with Crippen LogP contribution in [0.1, 0.15) is 5.69 Å². The summed E-state index contributed by atoms with van der Waals surface area (Å²) < 4.78 is 5.11. The highest BCUT2D eigenvalue weighted by Gasteiger charge is 2.34. The van der Waals surface area contributed by atoms with Crippen LogP contribution in [0.4, 0.5) is 4.79 Å². The van der Waals surface area contributed by atoms with E-state index in [1.807, 2.05) is 5.38 Å². The molecule has 7 nitrogen and oxygen atoms in total. The van der Waals surface area contributed by atoms with Crippen molar-refractivity contribution in [2.75, 3.05) is 26.8 Å². The van der Waals surface area contributed by atoms with E-state index in [9.17, 15) is 9.59 Å². The molecule has 0 radical (unpaired) electrons. The molecule has 1 aliphatic heterocycles. The zero-order valence-corrected chi connectivity index (χ0v) is 11.3. The lowest BCUT2D eigenvalue weighted by Crippen LogP contribution is -2.55. The van der Waals surface area contributed by atoms with Gasteiger partial charge in [-0.25, -0.2) is 14.6 Å². The summed E-state index contributed by atoms with van der Waals surface area (Å²) in [5.41, 5.74) is 2.49. The summed E-state index contributed by atoms with van der Waals surface area (Å²) in [4.78, 5) is 30.3. The number of hydrogen-bond acceptors (Lipinski definition) is 5. The minimum absolute atomic E-state index is 0.0333. The molecule has 2 heterocycles. The number of carbonyl (C=O) groups is 2. The fourth-order valence-electron chi connectivity index (χ4n) is 1.88. The Balaban J connectivity index is 2.02. The Hall–Kier alpha value is -1.67. The van der Waals surface area contributed by atoms with Gasteiger partial charge in [0.05, 0.1) is 31.0 Å². The van der Waals surface area contributed by atoms with E-state index in [1.54, 1.807) is 12.6 Å². The number of carboxylic acid groups (broad SMARTS) is 1. The lowest BCUT2D eigenvalue weighted by molar-refractivity contribution is -0.147. The molecule has 1 saturated heterocycles. The highest BCUT2D eigenvalue weighted by molar-refractivity contribution is 7.07. The van der Waals surface area contributed by atoms with Crippen molar-refractivity contribution in [3.63, 3.8) is 0 Å². The van der Waals surface area contributed by atoms with E-state index in [0.29, 0.717) is 13.2 Å². The predicted octanol–water partition coefficient (Wildman–Crippen LogP) is 0.480. The van der Waals surface area contributed by atoms with Gasteiger partial charge in [0.2, 0.25) is 0 Å². The Morgan fingerprint density at radius 2 is 2.47 bits per heavy atom. The first-order chi connectivity index (χ1) is 9.09. The van der Waals surface area contributed by atoms with Gasteiger partial charge in [0.15, 0.2) is 6.04 Å². The average molecular weight is 285 g/mol. The van der Waals surface area contributed by atoms with Crippen LogP contribution in [0, 0.1) is 0 Å². The summed E-state index contributed by atoms with van der Waals surface area (Å²) in [6.45, 7) is 1.05. The monoisotopic (exact) mass is 285 g/mol. The van der Waals surface area contributed by atoms with Gasteiger partial charge in [-0.15, -0.1) is 11.3 Å². The molecular weight excluding hydrogens is 270 g/mol. The topological polar surface area (TPSA) is 83.0 Å². The number of urea groups is 1. The summed E-state index contributed by atoms with van der Waals surface area (Å²) >= 11 is 1.46. The third-order valence-corrected chi connectivity index (χ3v) is 3.50. The van der Waals surface area contributed by atoms with Crippen LogP contribution < -0.4 is 0 Å². The molecule has 1 atom stereocenters. The molecule has 0 aromatic carbocycles. The Kier molecular flexibility index (Phi) is 4.33. The van der Waals surface area contributed by atoms with Gasteiger partial charge in [-0.2, -0.15) is 0 Å². The van der Waals surface area contributed by atoms with E-state index in [-0.39, 0.29) is 19.2 Å². The first kappa shape index (κ1) is 13.8. The van der Waals surface area contributed by atoms with Crippen LogP contribution >= 0.6 is 11.3 Å². The minimum Gasteiger partial charge on any atom is -0.480 e. The molecule has 1 unspecified atom stereocenters. The lowest BCUT2D eigenvalue weighted by atomic mass is 10.2. The molecule has 1 aromatic rings. The number of aromatic nitrogens is 1. The normalized spacial score (nSPS) is 19.2. The van der Waals surface area contributed by atoms with Crippen LogP contribution in [-0.4, -0.2) is 64.7 Å². The largest absolute Gasteiger partial charge is 0.480 e. The number of amides is 2. The maximum absolute atomic E-state index is 12.2. The van der Waals surface area contributed by atoms with Gasteiger partial charge in [-0.05, 0) is 0 Å². The van der Waals surface area contributed by atoms with Gasteiger partial charge in [0.25, 0.3) is 0 Å². The maximum Gasteiger partial charge on any atom is 0.328 e. The lowest BCUT2D eigenvalue weighted by Gasteiger charge is -2.35. The molecule has 1 fully saturated rings. The number of morpholine rings is 1. The molecule has 1 aromatic heterocycles. The number of hydrogen-bond donors (Lipinski definition) is 1. The Morgan fingerprint density at radius 1 is 1.68 bits per heavy atom. The standard InChI is InChI=1S/C11H15N3O4S/c1-13(4-8-6-19-7-12-8)11(17)14-2-3-18-5-9(14)10(15)16/h6-7,9H,2-5H2,1H3,(H,15,16). The molecule has 0 spiro atoms. The number of carboxylic acids is 1. The van der Waals surface area contributed by atoms with E-state index in [4.69, 9.17) is 9.84 Å². The molecule has 1 aliphatic rings. The quantitative estimate of drug-likeness (QED) is 0.873. The second-order valence-electron chi connectivity index (χ2n) is 4.24. The molecule has 1 N–H and O–H groups in total. The fraction of sp³-hybridized carbons (Fsp3) is 0.545. The third kappa shape index (κ3) is 3.21. The second-order valence-corrected chi connectivity index (χ2v) is 4.96. The summed E-state index contributed by atoms with van der Waals surface area (Å²) in [7, 11) is 1.63. The number of thiazole rings is 1. The van der Waals surface area contributed by atoms with Crippen molar-refractivity contribution in [1.29, 1.82) is 0 Å². The van der Waals surface area contributed by atoms with Gasteiger partial charge in [0.1, 0.15) is 0 Å². The van der Waals surface area contributed by atoms with E-state index in [2.05, 4.69) is 4.98 Å². The zero-order valence-electron chi connectivity index (χ0n) is 10.5. The third-order valence-electron chi connectivity index (χ3n) is 2.87. The van der Waals surface area contributed by atoms with Crippen LogP contribution in [0.3, 0.4) is 0 Å². The summed E-state index contributed by atoms with van der Waals surface area (Å²) in [6.07, 6.45) is 0. The Morgan fingerprint density at radius 3 is 3.11 bits per heavy atom. The number of ether oxygens (including phenoxy) is 1. The van der Waals surface area contributed by atoms with Crippen LogP contribution in [0.25, 0.3) is 0 Å². The van der Waals surface area contributed by atoms with Gasteiger partial charge in [-0.3, -0.25) is 0 Å². The molecular formula is C11H15N3O4S. The van der Waals surface area contributed by atoms with Crippen molar-refractivity contribution in [2.45, 2.75) is 12.6 Å². The number of nitrogens with zero attached hydrogens (tertiary/aromatic N) is 3. The molecule has 2 amide bonds. The highest BCUT2D eigenvalue weighted by Crippen LogP contribution is 2.12. The molecule has 0 aliphatic carbocycles. The summed E-state index contributed by atoms with van der Waals surface area (Å²) in [5, 5.41) is 11.0. The van der Waals surface area contributed by atoms with Crippen molar-refractivity contribution in [3.8, 4) is 0 Å². The number of carbonyl (C=O) groups excluding carboxylic acids is 1. The molecule has 8 heteroatoms. The zero-order chi connectivity index (χ0) is 13.8. The second kappa shape index (κ2) is 5.98. The number of aliphatic carboxylic acids is 1. The average Bonchev–Trinajstić information content (AvgIpc) is 2.90. The van der Waals surface area contributed by atoms with Crippen molar-refractivity contribution >= 4 is 23.3 Å². The highest BCUT2D eigenvalue weighted by atomic mass is 32.1. The Bertz CT molecular complexity index is 451. The van der Waals surface area contributed by atoms with Crippen LogP contribution in [-0.2, 0) is 16.1 Å². The summed E-state index contributed by atoms with van der Waals surface area (Å²) in [5.74, 6) is -1.05. The maximum atomic E-state index is 12.2. The van der Waals surface area contributed by atoms with E-state index < -0.39 is 12.0 Å². The Labute approximate surface area is 114 Å². The SMILES string of the molecule is CN(Cc1cscn1)C(=O)N1CCOCC1C(=O)O. The number of rotatable bonds is 3. The van der Waals surface area contributed by atoms with Gasteiger partial charge >= 0.3 is 12.0 Å². The van der Waals surface area contributed by atoms with Crippen molar-refractivity contribution in [1.82, 2.24) is 14.8 Å². The van der Waals surface area contributed by atoms with Gasteiger partial charge in [0, 0.05) is 19.0 Å². The molecule has 19 heavy (non-hydrogen) atoms.